The Morgan fingerprint density at radius 2 is 2.32 bits per heavy atom. The van der Waals surface area contributed by atoms with Gasteiger partial charge in [0, 0.05) is 6.04 Å². The molecule has 2 atom stereocenters. The first kappa shape index (κ1) is 15.9. The standard InChI is InChI=1S/C14H19FN2O.ClH/c1-10-9-16-6-5-13(10)17-14(18)8-11-3-2-4-12(15)7-11;/h2-4,7,10,13,16H,5-6,8-9H2,1H3,(H,17,18);1H. The fourth-order valence-corrected chi connectivity index (χ4v) is 2.32. The second-order valence-corrected chi connectivity index (χ2v) is 4.95. The molecule has 1 fully saturated rings. The van der Waals surface area contributed by atoms with Gasteiger partial charge in [0.05, 0.1) is 6.42 Å². The monoisotopic (exact) mass is 286 g/mol. The number of hydrogen-bond acceptors (Lipinski definition) is 2. The summed E-state index contributed by atoms with van der Waals surface area (Å²) in [4.78, 5) is 11.9. The fraction of sp³-hybridized carbons (Fsp3) is 0.500. The Morgan fingerprint density at radius 3 is 3.00 bits per heavy atom. The molecule has 2 unspecified atom stereocenters. The number of benzene rings is 1. The average Bonchev–Trinajstić information content (AvgIpc) is 2.32. The molecule has 1 aromatic carbocycles. The van der Waals surface area contributed by atoms with Crippen LogP contribution in [0.4, 0.5) is 4.39 Å². The number of halogens is 2. The van der Waals surface area contributed by atoms with Crippen LogP contribution in [-0.2, 0) is 11.2 Å². The zero-order valence-corrected chi connectivity index (χ0v) is 11.8. The molecule has 1 aliphatic heterocycles. The lowest BCUT2D eigenvalue weighted by atomic mass is 9.95. The number of hydrogen-bond donors (Lipinski definition) is 2. The van der Waals surface area contributed by atoms with Gasteiger partial charge in [0.15, 0.2) is 0 Å². The lowest BCUT2D eigenvalue weighted by Gasteiger charge is -2.30. The van der Waals surface area contributed by atoms with Crippen molar-refractivity contribution in [3.05, 3.63) is 35.6 Å². The van der Waals surface area contributed by atoms with Gasteiger partial charge in [0.2, 0.25) is 5.91 Å². The second-order valence-electron chi connectivity index (χ2n) is 4.95. The molecule has 2 rings (SSSR count). The molecule has 0 bridgehead atoms. The highest BCUT2D eigenvalue weighted by molar-refractivity contribution is 5.85. The van der Waals surface area contributed by atoms with Crippen LogP contribution in [0.2, 0.25) is 0 Å². The number of carbonyl (C=O) groups is 1. The summed E-state index contributed by atoms with van der Waals surface area (Å²) in [6, 6.07) is 6.42. The first-order chi connectivity index (χ1) is 8.65. The third-order valence-corrected chi connectivity index (χ3v) is 3.39. The van der Waals surface area contributed by atoms with Crippen molar-refractivity contribution in [2.24, 2.45) is 5.92 Å². The molecule has 1 aromatic rings. The Labute approximate surface area is 119 Å². The van der Waals surface area contributed by atoms with E-state index in [1.54, 1.807) is 12.1 Å². The van der Waals surface area contributed by atoms with Gasteiger partial charge in [-0.15, -0.1) is 12.4 Å². The second kappa shape index (κ2) is 7.46. The summed E-state index contributed by atoms with van der Waals surface area (Å²) in [5, 5.41) is 6.33. The topological polar surface area (TPSA) is 41.1 Å². The Hall–Kier alpha value is -1.13. The van der Waals surface area contributed by atoms with Gasteiger partial charge in [-0.2, -0.15) is 0 Å². The maximum atomic E-state index is 13.0. The van der Waals surface area contributed by atoms with Crippen molar-refractivity contribution in [2.75, 3.05) is 13.1 Å². The van der Waals surface area contributed by atoms with E-state index in [0.717, 1.165) is 19.5 Å². The van der Waals surface area contributed by atoms with E-state index >= 15 is 0 Å². The van der Waals surface area contributed by atoms with E-state index < -0.39 is 0 Å². The van der Waals surface area contributed by atoms with Crippen molar-refractivity contribution < 1.29 is 9.18 Å². The molecule has 3 nitrogen and oxygen atoms in total. The van der Waals surface area contributed by atoms with Crippen LogP contribution in [0.15, 0.2) is 24.3 Å². The summed E-state index contributed by atoms with van der Waals surface area (Å²) >= 11 is 0. The number of amides is 1. The minimum atomic E-state index is -0.296. The minimum absolute atomic E-state index is 0. The van der Waals surface area contributed by atoms with Crippen molar-refractivity contribution in [1.29, 1.82) is 0 Å². The molecule has 0 saturated carbocycles. The molecular weight excluding hydrogens is 267 g/mol. The van der Waals surface area contributed by atoms with Crippen molar-refractivity contribution in [3.63, 3.8) is 0 Å². The van der Waals surface area contributed by atoms with Crippen LogP contribution < -0.4 is 10.6 Å². The Balaban J connectivity index is 0.00000180. The maximum Gasteiger partial charge on any atom is 0.224 e. The third-order valence-electron chi connectivity index (χ3n) is 3.39. The highest BCUT2D eigenvalue weighted by atomic mass is 35.5. The van der Waals surface area contributed by atoms with E-state index in [0.29, 0.717) is 11.5 Å². The Kier molecular flexibility index (Phi) is 6.25. The summed E-state index contributed by atoms with van der Waals surface area (Å²) in [5.74, 6) is 0.116. The van der Waals surface area contributed by atoms with Crippen molar-refractivity contribution >= 4 is 18.3 Å². The smallest absolute Gasteiger partial charge is 0.224 e. The Morgan fingerprint density at radius 1 is 1.53 bits per heavy atom. The zero-order chi connectivity index (χ0) is 13.0. The summed E-state index contributed by atoms with van der Waals surface area (Å²) < 4.78 is 13.0. The van der Waals surface area contributed by atoms with Gasteiger partial charge in [0.25, 0.3) is 0 Å². The van der Waals surface area contributed by atoms with E-state index in [9.17, 15) is 9.18 Å². The lowest BCUT2D eigenvalue weighted by Crippen LogP contribution is -2.48. The van der Waals surface area contributed by atoms with Crippen LogP contribution in [0.1, 0.15) is 18.9 Å². The van der Waals surface area contributed by atoms with Gasteiger partial charge in [-0.25, -0.2) is 4.39 Å². The Bertz CT molecular complexity index is 428. The highest BCUT2D eigenvalue weighted by Crippen LogP contribution is 2.11. The van der Waals surface area contributed by atoms with Crippen LogP contribution in [0, 0.1) is 11.7 Å². The van der Waals surface area contributed by atoms with Crippen molar-refractivity contribution in [3.8, 4) is 0 Å². The van der Waals surface area contributed by atoms with Gasteiger partial charge >= 0.3 is 0 Å². The third kappa shape index (κ3) is 4.80. The van der Waals surface area contributed by atoms with Crippen LogP contribution in [0.3, 0.4) is 0 Å². The summed E-state index contributed by atoms with van der Waals surface area (Å²) in [7, 11) is 0. The van der Waals surface area contributed by atoms with E-state index in [2.05, 4.69) is 17.6 Å². The molecular formula is C14H20ClFN2O. The minimum Gasteiger partial charge on any atom is -0.353 e. The maximum absolute atomic E-state index is 13.0. The van der Waals surface area contributed by atoms with E-state index in [4.69, 9.17) is 0 Å². The van der Waals surface area contributed by atoms with E-state index in [-0.39, 0.29) is 36.6 Å². The molecule has 0 spiro atoms. The number of rotatable bonds is 3. The molecule has 1 saturated heterocycles. The van der Waals surface area contributed by atoms with Gasteiger partial charge in [-0.1, -0.05) is 19.1 Å². The highest BCUT2D eigenvalue weighted by Gasteiger charge is 2.22. The van der Waals surface area contributed by atoms with Crippen LogP contribution in [-0.4, -0.2) is 25.0 Å². The quantitative estimate of drug-likeness (QED) is 0.891. The molecule has 1 heterocycles. The van der Waals surface area contributed by atoms with Gasteiger partial charge < -0.3 is 10.6 Å². The fourth-order valence-electron chi connectivity index (χ4n) is 2.32. The number of carbonyl (C=O) groups excluding carboxylic acids is 1. The first-order valence-electron chi connectivity index (χ1n) is 6.39. The zero-order valence-electron chi connectivity index (χ0n) is 11.0. The predicted molar refractivity (Wildman–Crippen MR) is 75.9 cm³/mol. The van der Waals surface area contributed by atoms with Crippen LogP contribution in [0.5, 0.6) is 0 Å². The normalized spacial score (nSPS) is 22.4. The number of piperidine rings is 1. The average molecular weight is 287 g/mol. The molecule has 19 heavy (non-hydrogen) atoms. The van der Waals surface area contributed by atoms with E-state index in [1.165, 1.54) is 12.1 Å². The van der Waals surface area contributed by atoms with Gasteiger partial charge in [-0.05, 0) is 43.1 Å². The molecule has 0 radical (unpaired) electrons. The van der Waals surface area contributed by atoms with Crippen molar-refractivity contribution in [2.45, 2.75) is 25.8 Å². The molecule has 5 heteroatoms. The molecule has 2 N–H and O–H groups in total. The lowest BCUT2D eigenvalue weighted by molar-refractivity contribution is -0.121. The van der Waals surface area contributed by atoms with Crippen LogP contribution in [0.25, 0.3) is 0 Å². The summed E-state index contributed by atoms with van der Waals surface area (Å²) in [6.45, 7) is 4.00. The molecule has 106 valence electrons. The molecule has 0 aliphatic carbocycles. The largest absolute Gasteiger partial charge is 0.353 e. The van der Waals surface area contributed by atoms with Crippen molar-refractivity contribution in [1.82, 2.24) is 10.6 Å². The molecule has 0 aromatic heterocycles. The summed E-state index contributed by atoms with van der Waals surface area (Å²) in [6.07, 6.45) is 1.20. The molecule has 1 aliphatic rings. The number of nitrogens with one attached hydrogen (secondary N) is 2. The molecule has 1 amide bonds. The summed E-state index contributed by atoms with van der Waals surface area (Å²) in [5.41, 5.74) is 0.717. The SMILES string of the molecule is CC1CNCCC1NC(=O)Cc1cccc(F)c1.Cl. The van der Waals surface area contributed by atoms with Gasteiger partial charge in [0.1, 0.15) is 5.82 Å². The van der Waals surface area contributed by atoms with Crippen LogP contribution >= 0.6 is 12.4 Å². The first-order valence-corrected chi connectivity index (χ1v) is 6.39. The van der Waals surface area contributed by atoms with E-state index in [1.807, 2.05) is 0 Å². The van der Waals surface area contributed by atoms with Gasteiger partial charge in [-0.3, -0.25) is 4.79 Å². The predicted octanol–water partition coefficient (Wildman–Crippen LogP) is 1.90.